The van der Waals surface area contributed by atoms with Crippen molar-refractivity contribution in [3.05, 3.63) is 11.8 Å². The first-order chi connectivity index (χ1) is 4.70. The predicted octanol–water partition coefficient (Wildman–Crippen LogP) is -0.383. The fourth-order valence-corrected chi connectivity index (χ4v) is 0.605. The quantitative estimate of drug-likeness (QED) is 0.536. The van der Waals surface area contributed by atoms with Gasteiger partial charge in [0.05, 0.1) is 0 Å². The van der Waals surface area contributed by atoms with E-state index in [1.165, 1.54) is 19.2 Å². The molecule has 0 radical (unpaired) electrons. The number of aliphatic imine (C=N–C) groups is 1. The number of nitrogens with one attached hydrogen (secondary N) is 1. The van der Waals surface area contributed by atoms with Gasteiger partial charge in [0.15, 0.2) is 0 Å². The lowest BCUT2D eigenvalue weighted by molar-refractivity contribution is -0.121. The van der Waals surface area contributed by atoms with Crippen LogP contribution in [0, 0.1) is 0 Å². The Bertz CT molecular complexity index is 240. The highest BCUT2D eigenvalue weighted by Crippen LogP contribution is 1.97. The van der Waals surface area contributed by atoms with Crippen LogP contribution in [0.5, 0.6) is 0 Å². The van der Waals surface area contributed by atoms with Gasteiger partial charge in [0.25, 0.3) is 5.91 Å². The van der Waals surface area contributed by atoms with Gasteiger partial charge in [-0.3, -0.25) is 9.59 Å². The Morgan fingerprint density at radius 3 is 2.80 bits per heavy atom. The average Bonchev–Trinajstić information content (AvgIpc) is 2.15. The number of hydrogen-bond donors (Lipinski definition) is 1. The SMILES string of the molecule is CC(=O)NC1=CC=NC1=O. The van der Waals surface area contributed by atoms with Gasteiger partial charge in [-0.2, -0.15) is 0 Å². The molecule has 0 saturated heterocycles. The van der Waals surface area contributed by atoms with Crippen molar-refractivity contribution in [3.63, 3.8) is 0 Å². The summed E-state index contributed by atoms with van der Waals surface area (Å²) in [6.45, 7) is 1.34. The van der Waals surface area contributed by atoms with Gasteiger partial charge in [0.1, 0.15) is 5.70 Å². The number of carbonyl (C=O) groups is 2. The molecule has 0 spiro atoms. The molecule has 0 aromatic carbocycles. The molecule has 1 aliphatic rings. The van der Waals surface area contributed by atoms with Gasteiger partial charge in [-0.05, 0) is 6.08 Å². The summed E-state index contributed by atoms with van der Waals surface area (Å²) in [5.74, 6) is -0.652. The number of nitrogens with zero attached hydrogens (tertiary/aromatic N) is 1. The van der Waals surface area contributed by atoms with Crippen LogP contribution in [0.1, 0.15) is 6.92 Å². The number of allylic oxidation sites excluding steroid dienone is 1. The van der Waals surface area contributed by atoms with Crippen LogP contribution in [0.4, 0.5) is 0 Å². The minimum Gasteiger partial charge on any atom is -0.322 e. The minimum absolute atomic E-state index is 0.243. The van der Waals surface area contributed by atoms with Crippen LogP contribution in [-0.4, -0.2) is 18.0 Å². The molecule has 4 heteroatoms. The van der Waals surface area contributed by atoms with E-state index in [0.717, 1.165) is 0 Å². The predicted molar refractivity (Wildman–Crippen MR) is 35.4 cm³/mol. The normalized spacial score (nSPS) is 15.3. The van der Waals surface area contributed by atoms with E-state index in [1.54, 1.807) is 0 Å². The lowest BCUT2D eigenvalue weighted by atomic mass is 10.4. The van der Waals surface area contributed by atoms with Gasteiger partial charge in [0, 0.05) is 13.1 Å². The summed E-state index contributed by atoms with van der Waals surface area (Å²) in [6, 6.07) is 0. The fourth-order valence-electron chi connectivity index (χ4n) is 0.605. The Kier molecular flexibility index (Phi) is 1.62. The maximum atomic E-state index is 10.6. The second-order valence-corrected chi connectivity index (χ2v) is 1.84. The Morgan fingerprint density at radius 2 is 2.40 bits per heavy atom. The minimum atomic E-state index is -0.393. The number of hydrogen-bond acceptors (Lipinski definition) is 2. The Morgan fingerprint density at radius 1 is 1.70 bits per heavy atom. The van der Waals surface area contributed by atoms with Gasteiger partial charge in [-0.15, -0.1) is 0 Å². The fraction of sp³-hybridized carbons (Fsp3) is 0.167. The number of carbonyl (C=O) groups excluding carboxylic acids is 2. The lowest BCUT2D eigenvalue weighted by Gasteiger charge is -1.96. The maximum Gasteiger partial charge on any atom is 0.293 e. The van der Waals surface area contributed by atoms with E-state index in [1.807, 2.05) is 0 Å². The molecule has 1 heterocycles. The van der Waals surface area contributed by atoms with Crippen LogP contribution < -0.4 is 5.32 Å². The molecule has 1 aliphatic heterocycles. The van der Waals surface area contributed by atoms with Gasteiger partial charge >= 0.3 is 0 Å². The van der Waals surface area contributed by atoms with Crippen molar-refractivity contribution in [1.29, 1.82) is 0 Å². The summed E-state index contributed by atoms with van der Waals surface area (Å²) >= 11 is 0. The zero-order chi connectivity index (χ0) is 7.56. The van der Waals surface area contributed by atoms with E-state index in [-0.39, 0.29) is 11.6 Å². The largest absolute Gasteiger partial charge is 0.322 e. The third-order valence-electron chi connectivity index (χ3n) is 0.974. The molecule has 10 heavy (non-hydrogen) atoms. The van der Waals surface area contributed by atoms with Crippen molar-refractivity contribution >= 4 is 18.0 Å². The molecule has 0 aliphatic carbocycles. The topological polar surface area (TPSA) is 58.5 Å². The van der Waals surface area contributed by atoms with Crippen LogP contribution >= 0.6 is 0 Å². The molecule has 0 bridgehead atoms. The summed E-state index contributed by atoms with van der Waals surface area (Å²) < 4.78 is 0. The van der Waals surface area contributed by atoms with Crippen molar-refractivity contribution in [2.24, 2.45) is 4.99 Å². The van der Waals surface area contributed by atoms with Gasteiger partial charge < -0.3 is 5.32 Å². The zero-order valence-corrected chi connectivity index (χ0v) is 5.42. The molecule has 2 amide bonds. The summed E-state index contributed by atoms with van der Waals surface area (Å²) in [6.07, 6.45) is 2.82. The standard InChI is InChI=1S/C6H6N2O2/c1-4(9)8-5-2-3-7-6(5)10/h2-3H,1H3,(H,7,8,9,10). The van der Waals surface area contributed by atoms with Crippen molar-refractivity contribution in [2.45, 2.75) is 6.92 Å². The third kappa shape index (κ3) is 1.28. The number of amides is 2. The van der Waals surface area contributed by atoms with Crippen LogP contribution in [0.2, 0.25) is 0 Å². The van der Waals surface area contributed by atoms with Crippen molar-refractivity contribution in [3.8, 4) is 0 Å². The molecular formula is C6H6N2O2. The van der Waals surface area contributed by atoms with E-state index in [9.17, 15) is 9.59 Å². The van der Waals surface area contributed by atoms with E-state index >= 15 is 0 Å². The monoisotopic (exact) mass is 138 g/mol. The second kappa shape index (κ2) is 2.43. The molecule has 0 fully saturated rings. The summed E-state index contributed by atoms with van der Waals surface area (Å²) in [5.41, 5.74) is 0.243. The van der Waals surface area contributed by atoms with E-state index in [4.69, 9.17) is 0 Å². The zero-order valence-electron chi connectivity index (χ0n) is 5.42. The van der Waals surface area contributed by atoms with E-state index in [0.29, 0.717) is 0 Å². The highest BCUT2D eigenvalue weighted by Gasteiger charge is 2.11. The first-order valence-electron chi connectivity index (χ1n) is 2.76. The molecule has 0 aromatic heterocycles. The van der Waals surface area contributed by atoms with E-state index in [2.05, 4.69) is 10.3 Å². The summed E-state index contributed by atoms with van der Waals surface area (Å²) in [5, 5.41) is 2.34. The summed E-state index contributed by atoms with van der Waals surface area (Å²) in [7, 11) is 0. The first kappa shape index (κ1) is 6.67. The molecule has 0 aromatic rings. The summed E-state index contributed by atoms with van der Waals surface area (Å²) in [4.78, 5) is 24.4. The van der Waals surface area contributed by atoms with E-state index < -0.39 is 5.91 Å². The Balaban J connectivity index is 2.61. The van der Waals surface area contributed by atoms with Crippen LogP contribution in [0.25, 0.3) is 0 Å². The average molecular weight is 138 g/mol. The number of rotatable bonds is 1. The maximum absolute atomic E-state index is 10.6. The molecule has 4 nitrogen and oxygen atoms in total. The second-order valence-electron chi connectivity index (χ2n) is 1.84. The highest BCUT2D eigenvalue weighted by molar-refractivity contribution is 6.09. The third-order valence-corrected chi connectivity index (χ3v) is 0.974. The molecule has 0 saturated carbocycles. The van der Waals surface area contributed by atoms with Crippen molar-refractivity contribution < 1.29 is 9.59 Å². The molecule has 0 atom stereocenters. The first-order valence-corrected chi connectivity index (χ1v) is 2.76. The molecular weight excluding hydrogens is 132 g/mol. The van der Waals surface area contributed by atoms with Crippen LogP contribution in [0.3, 0.4) is 0 Å². The van der Waals surface area contributed by atoms with Crippen LogP contribution in [-0.2, 0) is 9.59 Å². The highest BCUT2D eigenvalue weighted by atomic mass is 16.2. The smallest absolute Gasteiger partial charge is 0.293 e. The molecule has 0 unspecified atom stereocenters. The van der Waals surface area contributed by atoms with Crippen molar-refractivity contribution in [2.75, 3.05) is 0 Å². The van der Waals surface area contributed by atoms with Gasteiger partial charge in [-0.25, -0.2) is 4.99 Å². The Labute approximate surface area is 57.6 Å². The van der Waals surface area contributed by atoms with Gasteiger partial charge in [-0.1, -0.05) is 0 Å². The van der Waals surface area contributed by atoms with Gasteiger partial charge in [0.2, 0.25) is 5.91 Å². The molecule has 1 N–H and O–H groups in total. The Hall–Kier alpha value is -1.45. The van der Waals surface area contributed by atoms with Crippen LogP contribution in [0.15, 0.2) is 16.8 Å². The molecule has 52 valence electrons. The van der Waals surface area contributed by atoms with Crippen molar-refractivity contribution in [1.82, 2.24) is 5.32 Å². The lowest BCUT2D eigenvalue weighted by Crippen LogP contribution is -2.22. The molecule has 1 rings (SSSR count).